The maximum absolute atomic E-state index is 6.72. The molecule has 38 heavy (non-hydrogen) atoms. The summed E-state index contributed by atoms with van der Waals surface area (Å²) in [6, 6.07) is 45.4. The molecular weight excluding hydrogens is 466 g/mol. The molecule has 0 aliphatic heterocycles. The first-order chi connectivity index (χ1) is 18.8. The first-order valence-electron chi connectivity index (χ1n) is 12.6. The smallest absolute Gasteiger partial charge is 0.220 e. The molecule has 4 heteroatoms. The van der Waals surface area contributed by atoms with E-state index in [2.05, 4.69) is 101 Å². The molecule has 2 aromatic heterocycles. The highest BCUT2D eigenvalue weighted by Crippen LogP contribution is 2.45. The van der Waals surface area contributed by atoms with Gasteiger partial charge in [0.1, 0.15) is 5.52 Å². The van der Waals surface area contributed by atoms with E-state index in [9.17, 15) is 0 Å². The summed E-state index contributed by atoms with van der Waals surface area (Å²) < 4.78 is 6.72. The number of ether oxygens (including phenoxy) is 1. The van der Waals surface area contributed by atoms with Crippen LogP contribution in [-0.2, 0) is 0 Å². The monoisotopic (exact) mass is 489 g/mol. The van der Waals surface area contributed by atoms with E-state index in [4.69, 9.17) is 9.72 Å². The van der Waals surface area contributed by atoms with Crippen LogP contribution in [0.25, 0.3) is 32.6 Å². The molecule has 0 saturated carbocycles. The SMILES string of the molecule is c1ccc(N(c2ccccc2)c2ccc3ccccc3c2Oc2ccc3ccc4cccnc4c3n2)cc1. The summed E-state index contributed by atoms with van der Waals surface area (Å²) in [6.45, 7) is 0. The lowest BCUT2D eigenvalue weighted by Crippen LogP contribution is -2.11. The molecule has 0 aliphatic rings. The van der Waals surface area contributed by atoms with E-state index in [1.54, 1.807) is 6.20 Å². The van der Waals surface area contributed by atoms with Gasteiger partial charge in [-0.25, -0.2) is 4.98 Å². The molecule has 0 aliphatic carbocycles. The van der Waals surface area contributed by atoms with Crippen LogP contribution in [0.1, 0.15) is 0 Å². The molecule has 0 radical (unpaired) electrons. The van der Waals surface area contributed by atoms with E-state index in [1.165, 1.54) is 0 Å². The molecule has 0 saturated heterocycles. The van der Waals surface area contributed by atoms with Gasteiger partial charge in [0.15, 0.2) is 5.75 Å². The summed E-state index contributed by atoms with van der Waals surface area (Å²) in [5, 5.41) is 4.19. The molecule has 0 N–H and O–H groups in total. The molecule has 5 aromatic carbocycles. The van der Waals surface area contributed by atoms with Crippen molar-refractivity contribution in [2.24, 2.45) is 0 Å². The van der Waals surface area contributed by atoms with E-state index >= 15 is 0 Å². The zero-order valence-corrected chi connectivity index (χ0v) is 20.5. The van der Waals surface area contributed by atoms with Crippen molar-refractivity contribution >= 4 is 49.6 Å². The largest absolute Gasteiger partial charge is 0.436 e. The maximum Gasteiger partial charge on any atom is 0.220 e. The second kappa shape index (κ2) is 9.34. The average Bonchev–Trinajstić information content (AvgIpc) is 2.99. The number of anilines is 3. The van der Waals surface area contributed by atoms with Crippen molar-refractivity contribution < 1.29 is 4.74 Å². The predicted molar refractivity (Wildman–Crippen MR) is 156 cm³/mol. The van der Waals surface area contributed by atoms with Crippen LogP contribution in [-0.4, -0.2) is 9.97 Å². The number of nitrogens with zero attached hydrogens (tertiary/aromatic N) is 3. The molecule has 180 valence electrons. The standard InChI is InChI=1S/C34H23N3O/c1-3-12-27(13-4-1)37(28-14-5-2-6-15-28)30-21-19-24-10-7-8-16-29(24)34(30)38-31-22-20-26-18-17-25-11-9-23-35-32(25)33(26)36-31/h1-23H. The van der Waals surface area contributed by atoms with Crippen LogP contribution in [0.2, 0.25) is 0 Å². The Morgan fingerprint density at radius 1 is 0.500 bits per heavy atom. The van der Waals surface area contributed by atoms with Gasteiger partial charge in [-0.1, -0.05) is 84.9 Å². The number of aromatic nitrogens is 2. The van der Waals surface area contributed by atoms with Crippen LogP contribution in [0, 0.1) is 0 Å². The Bertz CT molecular complexity index is 1860. The first kappa shape index (κ1) is 22.0. The van der Waals surface area contributed by atoms with Gasteiger partial charge >= 0.3 is 0 Å². The molecule has 7 rings (SSSR count). The second-order valence-electron chi connectivity index (χ2n) is 9.11. The van der Waals surface area contributed by atoms with E-state index in [1.807, 2.05) is 42.5 Å². The number of hydrogen-bond acceptors (Lipinski definition) is 4. The summed E-state index contributed by atoms with van der Waals surface area (Å²) in [4.78, 5) is 11.8. The normalized spacial score (nSPS) is 11.2. The molecule has 0 fully saturated rings. The zero-order valence-electron chi connectivity index (χ0n) is 20.5. The highest BCUT2D eigenvalue weighted by molar-refractivity contribution is 6.03. The van der Waals surface area contributed by atoms with Gasteiger partial charge < -0.3 is 9.64 Å². The third-order valence-corrected chi connectivity index (χ3v) is 6.74. The van der Waals surface area contributed by atoms with Gasteiger partial charge in [-0.2, -0.15) is 0 Å². The number of pyridine rings is 2. The Morgan fingerprint density at radius 2 is 1.11 bits per heavy atom. The molecule has 0 atom stereocenters. The number of hydrogen-bond donors (Lipinski definition) is 0. The minimum Gasteiger partial charge on any atom is -0.436 e. The molecule has 0 bridgehead atoms. The fraction of sp³-hybridized carbons (Fsp3) is 0. The lowest BCUT2D eigenvalue weighted by atomic mass is 10.1. The number of rotatable bonds is 5. The van der Waals surface area contributed by atoms with Crippen LogP contribution in [0.4, 0.5) is 17.1 Å². The van der Waals surface area contributed by atoms with Crippen LogP contribution in [0.3, 0.4) is 0 Å². The van der Waals surface area contributed by atoms with Gasteiger partial charge in [-0.3, -0.25) is 4.98 Å². The number of para-hydroxylation sites is 2. The van der Waals surface area contributed by atoms with Crippen LogP contribution in [0.5, 0.6) is 11.6 Å². The Balaban J connectivity index is 1.45. The maximum atomic E-state index is 6.72. The van der Waals surface area contributed by atoms with Gasteiger partial charge in [0.05, 0.1) is 11.2 Å². The number of benzene rings is 5. The molecule has 7 aromatic rings. The third kappa shape index (κ3) is 3.89. The van der Waals surface area contributed by atoms with Gasteiger partial charge in [0.2, 0.25) is 5.88 Å². The molecule has 2 heterocycles. The minimum atomic E-state index is 0.523. The van der Waals surface area contributed by atoms with Crippen LogP contribution < -0.4 is 9.64 Å². The summed E-state index contributed by atoms with van der Waals surface area (Å²) in [5.74, 6) is 1.27. The van der Waals surface area contributed by atoms with E-state index in [-0.39, 0.29) is 0 Å². The van der Waals surface area contributed by atoms with Crippen molar-refractivity contribution in [3.05, 3.63) is 140 Å². The Kier molecular flexibility index (Phi) is 5.41. The first-order valence-corrected chi connectivity index (χ1v) is 12.6. The fourth-order valence-electron chi connectivity index (χ4n) is 4.96. The Hall–Kier alpha value is -5.22. The van der Waals surface area contributed by atoms with E-state index in [0.29, 0.717) is 5.88 Å². The lowest BCUT2D eigenvalue weighted by Gasteiger charge is -2.28. The highest BCUT2D eigenvalue weighted by atomic mass is 16.5. The molecular formula is C34H23N3O. The summed E-state index contributed by atoms with van der Waals surface area (Å²) >= 11 is 0. The average molecular weight is 490 g/mol. The van der Waals surface area contributed by atoms with Crippen LogP contribution in [0.15, 0.2) is 140 Å². The van der Waals surface area contributed by atoms with Crippen molar-refractivity contribution in [3.8, 4) is 11.6 Å². The Labute approximate surface area is 220 Å². The third-order valence-electron chi connectivity index (χ3n) is 6.74. The Morgan fingerprint density at radius 3 is 1.87 bits per heavy atom. The highest BCUT2D eigenvalue weighted by Gasteiger charge is 2.20. The summed E-state index contributed by atoms with van der Waals surface area (Å²) in [5.41, 5.74) is 4.70. The molecule has 0 unspecified atom stereocenters. The van der Waals surface area contributed by atoms with Crippen molar-refractivity contribution in [3.63, 3.8) is 0 Å². The summed E-state index contributed by atoms with van der Waals surface area (Å²) in [6.07, 6.45) is 1.80. The van der Waals surface area contributed by atoms with Crippen molar-refractivity contribution in [1.82, 2.24) is 9.97 Å². The molecule has 0 spiro atoms. The van der Waals surface area contributed by atoms with Crippen molar-refractivity contribution in [2.45, 2.75) is 0 Å². The number of fused-ring (bicyclic) bond motifs is 4. The molecule has 4 nitrogen and oxygen atoms in total. The van der Waals surface area contributed by atoms with Gasteiger partial charge in [-0.05, 0) is 47.9 Å². The van der Waals surface area contributed by atoms with Crippen LogP contribution >= 0.6 is 0 Å². The second-order valence-corrected chi connectivity index (χ2v) is 9.11. The predicted octanol–water partition coefficient (Wildman–Crippen LogP) is 9.20. The van der Waals surface area contributed by atoms with Crippen molar-refractivity contribution in [2.75, 3.05) is 4.90 Å². The summed E-state index contributed by atoms with van der Waals surface area (Å²) in [7, 11) is 0. The minimum absolute atomic E-state index is 0.523. The fourth-order valence-corrected chi connectivity index (χ4v) is 4.96. The zero-order chi connectivity index (χ0) is 25.3. The van der Waals surface area contributed by atoms with Gasteiger partial charge in [0, 0.05) is 39.8 Å². The molecule has 0 amide bonds. The van der Waals surface area contributed by atoms with Gasteiger partial charge in [0.25, 0.3) is 0 Å². The lowest BCUT2D eigenvalue weighted by molar-refractivity contribution is 0.471. The quantitative estimate of drug-likeness (QED) is 0.226. The topological polar surface area (TPSA) is 38.2 Å². The van der Waals surface area contributed by atoms with Gasteiger partial charge in [-0.15, -0.1) is 0 Å². The van der Waals surface area contributed by atoms with E-state index < -0.39 is 0 Å². The van der Waals surface area contributed by atoms with E-state index in [0.717, 1.165) is 55.4 Å². The van der Waals surface area contributed by atoms with Crippen molar-refractivity contribution in [1.29, 1.82) is 0 Å².